The Bertz CT molecular complexity index is 644. The molecular weight excluding hydrogens is 268 g/mol. The maximum absolute atomic E-state index is 11.7. The summed E-state index contributed by atoms with van der Waals surface area (Å²) < 4.78 is 0.712. The molecule has 3 rings (SSSR count). The number of aromatic nitrogens is 3. The van der Waals surface area contributed by atoms with Crippen LogP contribution in [0.25, 0.3) is 11.0 Å². The number of fused-ring (bicyclic) bond motifs is 1. The molecule has 0 fully saturated rings. The van der Waals surface area contributed by atoms with Crippen molar-refractivity contribution in [2.45, 2.75) is 4.34 Å². The van der Waals surface area contributed by atoms with E-state index in [9.17, 15) is 4.79 Å². The Kier molecular flexibility index (Phi) is 2.99. The van der Waals surface area contributed by atoms with Gasteiger partial charge in [0.2, 0.25) is 5.95 Å². The van der Waals surface area contributed by atoms with Gasteiger partial charge in [-0.05, 0) is 12.1 Å². The zero-order valence-electron chi connectivity index (χ0n) is 9.08. The van der Waals surface area contributed by atoms with Gasteiger partial charge in [0.25, 0.3) is 5.24 Å². The average Bonchev–Trinajstić information content (AvgIpc) is 2.96. The second-order valence-corrected chi connectivity index (χ2v) is 5.53. The van der Waals surface area contributed by atoms with Gasteiger partial charge in [0.15, 0.2) is 4.34 Å². The molecule has 0 aliphatic carbocycles. The van der Waals surface area contributed by atoms with Gasteiger partial charge < -0.3 is 4.98 Å². The molecular formula is C11H8N4OS2. The van der Waals surface area contributed by atoms with Crippen LogP contribution in [0.1, 0.15) is 0 Å². The molecule has 0 radical (unpaired) electrons. The van der Waals surface area contributed by atoms with E-state index in [-0.39, 0.29) is 5.24 Å². The maximum atomic E-state index is 11.7. The largest absolute Gasteiger partial charge is 0.324 e. The lowest BCUT2D eigenvalue weighted by molar-refractivity contribution is 0.269. The Labute approximate surface area is 111 Å². The fourth-order valence-corrected chi connectivity index (χ4v) is 2.84. The number of hydrogen-bond donors (Lipinski definition) is 2. The summed E-state index contributed by atoms with van der Waals surface area (Å²) in [7, 11) is 0. The van der Waals surface area contributed by atoms with E-state index in [0.717, 1.165) is 22.8 Å². The normalized spacial score (nSPS) is 10.7. The molecule has 1 aromatic carbocycles. The number of rotatable bonds is 2. The molecule has 1 amide bonds. The van der Waals surface area contributed by atoms with Gasteiger partial charge in [0.1, 0.15) is 0 Å². The summed E-state index contributed by atoms with van der Waals surface area (Å²) >= 11 is 2.48. The third kappa shape index (κ3) is 2.36. The Morgan fingerprint density at radius 2 is 2.28 bits per heavy atom. The van der Waals surface area contributed by atoms with E-state index in [4.69, 9.17) is 0 Å². The lowest BCUT2D eigenvalue weighted by atomic mass is 10.3. The standard InChI is InChI=1S/C11H8N4OS2/c16-10(18-11-12-5-6-17-11)15-9-13-7-3-1-2-4-8(7)14-9/h1-6H,(H2,13,14,15,16). The van der Waals surface area contributed by atoms with Crippen LogP contribution in [-0.4, -0.2) is 20.2 Å². The molecule has 0 spiro atoms. The lowest BCUT2D eigenvalue weighted by Crippen LogP contribution is -2.05. The predicted molar refractivity (Wildman–Crippen MR) is 73.1 cm³/mol. The zero-order valence-corrected chi connectivity index (χ0v) is 10.7. The fraction of sp³-hybridized carbons (Fsp3) is 0. The summed E-state index contributed by atoms with van der Waals surface area (Å²) in [5, 5.41) is 4.32. The van der Waals surface area contributed by atoms with Crippen molar-refractivity contribution in [3.05, 3.63) is 35.8 Å². The highest BCUT2D eigenvalue weighted by Crippen LogP contribution is 2.22. The molecule has 2 aromatic heterocycles. The number of thioether (sulfide) groups is 1. The summed E-state index contributed by atoms with van der Waals surface area (Å²) in [5.74, 6) is 0.449. The minimum Gasteiger partial charge on any atom is -0.324 e. The summed E-state index contributed by atoms with van der Waals surface area (Å²) in [6.45, 7) is 0. The molecule has 0 unspecified atom stereocenters. The molecule has 0 aliphatic rings. The zero-order chi connectivity index (χ0) is 12.4. The van der Waals surface area contributed by atoms with Crippen LogP contribution in [0.4, 0.5) is 10.7 Å². The van der Waals surface area contributed by atoms with Crippen LogP contribution < -0.4 is 5.32 Å². The number of amides is 1. The van der Waals surface area contributed by atoms with E-state index in [1.807, 2.05) is 29.6 Å². The molecule has 0 bridgehead atoms. The van der Waals surface area contributed by atoms with Gasteiger partial charge in [0.05, 0.1) is 11.0 Å². The molecule has 0 aliphatic heterocycles. The van der Waals surface area contributed by atoms with E-state index >= 15 is 0 Å². The lowest BCUT2D eigenvalue weighted by Gasteiger charge is -1.97. The highest BCUT2D eigenvalue weighted by molar-refractivity contribution is 8.15. The Morgan fingerprint density at radius 1 is 1.39 bits per heavy atom. The second kappa shape index (κ2) is 4.79. The van der Waals surface area contributed by atoms with Gasteiger partial charge in [-0.3, -0.25) is 10.1 Å². The molecule has 3 aromatic rings. The number of imidazole rings is 1. The van der Waals surface area contributed by atoms with E-state index in [1.165, 1.54) is 11.3 Å². The molecule has 5 nitrogen and oxygen atoms in total. The molecule has 90 valence electrons. The van der Waals surface area contributed by atoms with Gasteiger partial charge >= 0.3 is 0 Å². The number of H-pyrrole nitrogens is 1. The van der Waals surface area contributed by atoms with Crippen molar-refractivity contribution >= 4 is 45.3 Å². The number of benzene rings is 1. The average molecular weight is 276 g/mol. The molecule has 0 atom stereocenters. The number of hydrogen-bond acceptors (Lipinski definition) is 5. The molecule has 18 heavy (non-hydrogen) atoms. The minimum atomic E-state index is -0.205. The number of nitrogens with zero attached hydrogens (tertiary/aromatic N) is 2. The van der Waals surface area contributed by atoms with Crippen molar-refractivity contribution in [3.8, 4) is 0 Å². The first-order valence-corrected chi connectivity index (χ1v) is 6.84. The number of para-hydroxylation sites is 2. The summed E-state index contributed by atoms with van der Waals surface area (Å²) in [4.78, 5) is 23.0. The first-order chi connectivity index (χ1) is 8.81. The first kappa shape index (κ1) is 11.2. The highest BCUT2D eigenvalue weighted by atomic mass is 32.2. The third-order valence-corrected chi connectivity index (χ3v) is 3.87. The minimum absolute atomic E-state index is 0.205. The van der Waals surface area contributed by atoms with Crippen LogP contribution in [-0.2, 0) is 0 Å². The van der Waals surface area contributed by atoms with Gasteiger partial charge in [-0.15, -0.1) is 11.3 Å². The number of nitrogens with one attached hydrogen (secondary N) is 2. The number of anilines is 1. The van der Waals surface area contributed by atoms with Gasteiger partial charge in [-0.1, -0.05) is 12.1 Å². The Hall–Kier alpha value is -1.86. The molecule has 0 saturated carbocycles. The quantitative estimate of drug-likeness (QED) is 0.704. The van der Waals surface area contributed by atoms with Crippen LogP contribution in [0.2, 0.25) is 0 Å². The number of carbonyl (C=O) groups excluding carboxylic acids is 1. The molecule has 7 heteroatoms. The van der Waals surface area contributed by atoms with Gasteiger partial charge in [-0.2, -0.15) is 0 Å². The van der Waals surface area contributed by atoms with Crippen molar-refractivity contribution in [1.82, 2.24) is 15.0 Å². The second-order valence-electron chi connectivity index (χ2n) is 3.42. The van der Waals surface area contributed by atoms with Crippen molar-refractivity contribution in [2.24, 2.45) is 0 Å². The van der Waals surface area contributed by atoms with Crippen LogP contribution in [0.5, 0.6) is 0 Å². The fourth-order valence-electron chi connectivity index (χ4n) is 1.47. The number of aromatic amines is 1. The van der Waals surface area contributed by atoms with Crippen molar-refractivity contribution in [3.63, 3.8) is 0 Å². The van der Waals surface area contributed by atoms with Crippen LogP contribution in [0.3, 0.4) is 0 Å². The topological polar surface area (TPSA) is 70.7 Å². The summed E-state index contributed by atoms with van der Waals surface area (Å²) in [6.07, 6.45) is 1.67. The van der Waals surface area contributed by atoms with Crippen molar-refractivity contribution in [2.75, 3.05) is 5.32 Å². The van der Waals surface area contributed by atoms with Crippen molar-refractivity contribution in [1.29, 1.82) is 0 Å². The molecule has 0 saturated heterocycles. The third-order valence-electron chi connectivity index (χ3n) is 2.20. The van der Waals surface area contributed by atoms with Crippen molar-refractivity contribution < 1.29 is 4.79 Å². The van der Waals surface area contributed by atoms with Crippen LogP contribution in [0, 0.1) is 0 Å². The van der Waals surface area contributed by atoms with E-state index < -0.39 is 0 Å². The molecule has 2 N–H and O–H groups in total. The Balaban J connectivity index is 1.74. The van der Waals surface area contributed by atoms with Crippen LogP contribution in [0.15, 0.2) is 40.2 Å². The number of carbonyl (C=O) groups is 1. The van der Waals surface area contributed by atoms with Crippen LogP contribution >= 0.6 is 23.1 Å². The Morgan fingerprint density at radius 3 is 3.06 bits per heavy atom. The SMILES string of the molecule is O=C(Nc1nc2ccccc2[nH]1)Sc1nccs1. The summed E-state index contributed by atoms with van der Waals surface area (Å²) in [6, 6.07) is 7.61. The predicted octanol–water partition coefficient (Wildman–Crippen LogP) is 3.34. The maximum Gasteiger partial charge on any atom is 0.292 e. The number of thiazole rings is 1. The highest BCUT2D eigenvalue weighted by Gasteiger charge is 2.09. The van der Waals surface area contributed by atoms with E-state index in [2.05, 4.69) is 20.3 Å². The first-order valence-electron chi connectivity index (χ1n) is 5.14. The molecule has 2 heterocycles. The smallest absolute Gasteiger partial charge is 0.292 e. The monoisotopic (exact) mass is 276 g/mol. The van der Waals surface area contributed by atoms with Gasteiger partial charge in [0, 0.05) is 23.3 Å². The van der Waals surface area contributed by atoms with E-state index in [1.54, 1.807) is 6.20 Å². The summed E-state index contributed by atoms with van der Waals surface area (Å²) in [5.41, 5.74) is 1.72. The van der Waals surface area contributed by atoms with E-state index in [0.29, 0.717) is 10.3 Å². The van der Waals surface area contributed by atoms with Gasteiger partial charge in [-0.25, -0.2) is 9.97 Å².